The van der Waals surface area contributed by atoms with Crippen molar-refractivity contribution in [2.24, 2.45) is 5.73 Å². The molecule has 1 heterocycles. The average Bonchev–Trinajstić information content (AvgIpc) is 1.87. The van der Waals surface area contributed by atoms with Gasteiger partial charge in [0.1, 0.15) is 0 Å². The minimum absolute atomic E-state index is 0. The average molecular weight is 178 g/mol. The molecule has 11 heavy (non-hydrogen) atoms. The van der Waals surface area contributed by atoms with Gasteiger partial charge in [0.15, 0.2) is 0 Å². The van der Waals surface area contributed by atoms with E-state index in [0.717, 1.165) is 19.4 Å². The van der Waals surface area contributed by atoms with E-state index in [9.17, 15) is 0 Å². The van der Waals surface area contributed by atoms with Gasteiger partial charge in [0.25, 0.3) is 0 Å². The molecule has 0 bridgehead atoms. The Hall–Kier alpha value is 0.210. The van der Waals surface area contributed by atoms with Crippen molar-refractivity contribution in [2.45, 2.75) is 43.7 Å². The Morgan fingerprint density at radius 2 is 2.00 bits per heavy atom. The van der Waals surface area contributed by atoms with Crippen LogP contribution in [0.2, 0.25) is 0 Å². The molecule has 1 saturated heterocycles. The summed E-state index contributed by atoms with van der Waals surface area (Å²) < 4.78 is 5.69. The molecule has 1 aliphatic heterocycles. The highest BCUT2D eigenvalue weighted by Gasteiger charge is 2.44. The summed E-state index contributed by atoms with van der Waals surface area (Å²) in [5, 5.41) is 0. The SMILES string of the molecule is Cl.NC1CC2(CCCCO2)C1. The van der Waals surface area contributed by atoms with Gasteiger partial charge in [-0.1, -0.05) is 0 Å². The van der Waals surface area contributed by atoms with Gasteiger partial charge in [-0.3, -0.25) is 0 Å². The molecule has 0 aromatic carbocycles. The lowest BCUT2D eigenvalue weighted by atomic mass is 9.72. The zero-order chi connectivity index (χ0) is 7.03. The predicted octanol–water partition coefficient (Wildman–Crippen LogP) is 1.47. The fourth-order valence-corrected chi connectivity index (χ4v) is 2.13. The molecular weight excluding hydrogens is 162 g/mol. The molecule has 0 aromatic heterocycles. The van der Waals surface area contributed by atoms with E-state index in [1.54, 1.807) is 0 Å². The minimum atomic E-state index is 0. The van der Waals surface area contributed by atoms with Crippen molar-refractivity contribution < 1.29 is 4.74 Å². The first-order valence-corrected chi connectivity index (χ1v) is 4.20. The third-order valence-corrected chi connectivity index (χ3v) is 2.70. The van der Waals surface area contributed by atoms with Crippen molar-refractivity contribution in [3.05, 3.63) is 0 Å². The molecule has 0 radical (unpaired) electrons. The van der Waals surface area contributed by atoms with Crippen LogP contribution in [-0.2, 0) is 4.74 Å². The lowest BCUT2D eigenvalue weighted by molar-refractivity contribution is -0.135. The summed E-state index contributed by atoms with van der Waals surface area (Å²) in [6.07, 6.45) is 6.05. The van der Waals surface area contributed by atoms with Crippen molar-refractivity contribution in [1.82, 2.24) is 0 Å². The van der Waals surface area contributed by atoms with Gasteiger partial charge in [-0.05, 0) is 32.1 Å². The summed E-state index contributed by atoms with van der Waals surface area (Å²) in [6.45, 7) is 0.965. The molecule has 2 aliphatic rings. The van der Waals surface area contributed by atoms with Crippen LogP contribution in [0, 0.1) is 0 Å². The predicted molar refractivity (Wildman–Crippen MR) is 47.0 cm³/mol. The lowest BCUT2D eigenvalue weighted by Gasteiger charge is -2.48. The van der Waals surface area contributed by atoms with Crippen molar-refractivity contribution >= 4 is 12.4 Å². The van der Waals surface area contributed by atoms with Gasteiger partial charge in [0.05, 0.1) is 5.60 Å². The summed E-state index contributed by atoms with van der Waals surface area (Å²) in [7, 11) is 0. The van der Waals surface area contributed by atoms with Gasteiger partial charge < -0.3 is 10.5 Å². The van der Waals surface area contributed by atoms with Gasteiger partial charge >= 0.3 is 0 Å². The highest BCUT2D eigenvalue weighted by atomic mass is 35.5. The van der Waals surface area contributed by atoms with Crippen molar-refractivity contribution in [3.8, 4) is 0 Å². The Balaban J connectivity index is 0.000000605. The largest absolute Gasteiger partial charge is 0.375 e. The summed E-state index contributed by atoms with van der Waals surface area (Å²) in [6, 6.07) is 0.429. The molecule has 2 nitrogen and oxygen atoms in total. The van der Waals surface area contributed by atoms with Crippen LogP contribution in [0.5, 0.6) is 0 Å². The van der Waals surface area contributed by atoms with Crippen LogP contribution >= 0.6 is 12.4 Å². The van der Waals surface area contributed by atoms with Crippen LogP contribution in [0.3, 0.4) is 0 Å². The highest BCUT2D eigenvalue weighted by Crippen LogP contribution is 2.41. The quantitative estimate of drug-likeness (QED) is 0.608. The molecule has 0 unspecified atom stereocenters. The molecule has 0 amide bonds. The van der Waals surface area contributed by atoms with Gasteiger partial charge in [0, 0.05) is 12.6 Å². The second-order valence-corrected chi connectivity index (χ2v) is 3.66. The maximum atomic E-state index is 5.70. The second kappa shape index (κ2) is 3.30. The molecule has 2 fully saturated rings. The van der Waals surface area contributed by atoms with E-state index in [-0.39, 0.29) is 18.0 Å². The third-order valence-electron chi connectivity index (χ3n) is 2.70. The first-order valence-electron chi connectivity index (χ1n) is 4.20. The Morgan fingerprint density at radius 3 is 2.45 bits per heavy atom. The fourth-order valence-electron chi connectivity index (χ4n) is 2.13. The van der Waals surface area contributed by atoms with E-state index in [1.807, 2.05) is 0 Å². The van der Waals surface area contributed by atoms with Gasteiger partial charge in [-0.2, -0.15) is 0 Å². The van der Waals surface area contributed by atoms with E-state index in [1.165, 1.54) is 19.3 Å². The number of nitrogens with two attached hydrogens (primary N) is 1. The smallest absolute Gasteiger partial charge is 0.0712 e. The van der Waals surface area contributed by atoms with Crippen molar-refractivity contribution in [3.63, 3.8) is 0 Å². The van der Waals surface area contributed by atoms with Gasteiger partial charge in [-0.15, -0.1) is 12.4 Å². The molecule has 2 rings (SSSR count). The van der Waals surface area contributed by atoms with Crippen molar-refractivity contribution in [1.29, 1.82) is 0 Å². The standard InChI is InChI=1S/C8H15NO.ClH/c9-7-5-8(6-7)3-1-2-4-10-8;/h7H,1-6,9H2;1H. The van der Waals surface area contributed by atoms with E-state index in [4.69, 9.17) is 10.5 Å². The molecule has 1 saturated carbocycles. The third kappa shape index (κ3) is 1.68. The van der Waals surface area contributed by atoms with Crippen LogP contribution in [0.4, 0.5) is 0 Å². The monoisotopic (exact) mass is 177 g/mol. The topological polar surface area (TPSA) is 35.2 Å². The molecule has 1 aliphatic carbocycles. The number of hydrogen-bond donors (Lipinski definition) is 1. The molecule has 66 valence electrons. The number of rotatable bonds is 0. The fraction of sp³-hybridized carbons (Fsp3) is 1.00. The lowest BCUT2D eigenvalue weighted by Crippen LogP contribution is -2.54. The molecule has 0 aromatic rings. The first kappa shape index (κ1) is 9.30. The van der Waals surface area contributed by atoms with Gasteiger partial charge in [-0.25, -0.2) is 0 Å². The van der Waals surface area contributed by atoms with Gasteiger partial charge in [0.2, 0.25) is 0 Å². The summed E-state index contributed by atoms with van der Waals surface area (Å²) in [4.78, 5) is 0. The van der Waals surface area contributed by atoms with E-state index in [2.05, 4.69) is 0 Å². The van der Waals surface area contributed by atoms with Crippen LogP contribution in [0.15, 0.2) is 0 Å². The van der Waals surface area contributed by atoms with E-state index in [0.29, 0.717) is 6.04 Å². The Labute approximate surface area is 73.9 Å². The zero-order valence-corrected chi connectivity index (χ0v) is 7.53. The Morgan fingerprint density at radius 1 is 1.27 bits per heavy atom. The maximum absolute atomic E-state index is 5.70. The Bertz CT molecular complexity index is 119. The molecule has 2 N–H and O–H groups in total. The zero-order valence-electron chi connectivity index (χ0n) is 6.71. The second-order valence-electron chi connectivity index (χ2n) is 3.66. The highest BCUT2D eigenvalue weighted by molar-refractivity contribution is 5.85. The van der Waals surface area contributed by atoms with Crippen LogP contribution in [0.1, 0.15) is 32.1 Å². The van der Waals surface area contributed by atoms with Crippen molar-refractivity contribution in [2.75, 3.05) is 6.61 Å². The normalized spacial score (nSPS) is 42.8. The first-order chi connectivity index (χ1) is 4.81. The van der Waals surface area contributed by atoms with Crippen LogP contribution in [0.25, 0.3) is 0 Å². The summed E-state index contributed by atoms with van der Waals surface area (Å²) in [5.41, 5.74) is 5.95. The summed E-state index contributed by atoms with van der Waals surface area (Å²) in [5.74, 6) is 0. The van der Waals surface area contributed by atoms with Crippen LogP contribution in [-0.4, -0.2) is 18.2 Å². The maximum Gasteiger partial charge on any atom is 0.0712 e. The van der Waals surface area contributed by atoms with E-state index >= 15 is 0 Å². The minimum Gasteiger partial charge on any atom is -0.375 e. The molecule has 1 spiro atoms. The Kier molecular flexibility index (Phi) is 2.79. The number of ether oxygens (including phenoxy) is 1. The van der Waals surface area contributed by atoms with E-state index < -0.39 is 0 Å². The number of halogens is 1. The summed E-state index contributed by atoms with van der Waals surface area (Å²) >= 11 is 0. The van der Waals surface area contributed by atoms with Crippen LogP contribution < -0.4 is 5.73 Å². The molecule has 0 atom stereocenters. The molecular formula is C8H16ClNO. The molecule has 3 heteroatoms. The number of hydrogen-bond acceptors (Lipinski definition) is 2.